The zero-order chi connectivity index (χ0) is 17.9. The Kier molecular flexibility index (Phi) is 8.95. The molecule has 8 nitrogen and oxygen atoms in total. The molecule has 1 aromatic carbocycles. The van der Waals surface area contributed by atoms with Gasteiger partial charge in [0.25, 0.3) is 0 Å². The average Bonchev–Trinajstić information content (AvgIpc) is 2.55. The predicted octanol–water partition coefficient (Wildman–Crippen LogP) is 0.881. The van der Waals surface area contributed by atoms with Gasteiger partial charge in [-0.1, -0.05) is 0 Å². The third-order valence-electron chi connectivity index (χ3n) is 3.20. The molecule has 0 radical (unpaired) electrons. The van der Waals surface area contributed by atoms with E-state index in [1.807, 2.05) is 0 Å². The quantitative estimate of drug-likeness (QED) is 0.411. The highest BCUT2D eigenvalue weighted by atomic mass is 16.5. The molecule has 0 aliphatic heterocycles. The lowest BCUT2D eigenvalue weighted by atomic mass is 9.98. The van der Waals surface area contributed by atoms with Crippen LogP contribution in [0.2, 0.25) is 0 Å². The van der Waals surface area contributed by atoms with Crippen LogP contribution in [0.1, 0.15) is 44.7 Å². The van der Waals surface area contributed by atoms with Crippen LogP contribution in [0.5, 0.6) is 0 Å². The normalized spacial score (nSPS) is 10.8. The van der Waals surface area contributed by atoms with Gasteiger partial charge in [0, 0.05) is 26.4 Å². The van der Waals surface area contributed by atoms with Crippen molar-refractivity contribution in [1.82, 2.24) is 0 Å². The van der Waals surface area contributed by atoms with E-state index in [4.69, 9.17) is 19.7 Å². The summed E-state index contributed by atoms with van der Waals surface area (Å²) in [5.41, 5.74) is 0.392. The maximum atomic E-state index is 11.3. The second-order valence-electron chi connectivity index (χ2n) is 5.04. The fourth-order valence-corrected chi connectivity index (χ4v) is 2.03. The highest BCUT2D eigenvalue weighted by Gasteiger charge is 2.19. The van der Waals surface area contributed by atoms with Crippen molar-refractivity contribution in [2.24, 2.45) is 0 Å². The van der Waals surface area contributed by atoms with Crippen molar-refractivity contribution < 1.29 is 39.5 Å². The van der Waals surface area contributed by atoms with Crippen LogP contribution in [-0.2, 0) is 22.7 Å². The molecule has 1 aromatic rings. The molecule has 0 spiro atoms. The molecule has 24 heavy (non-hydrogen) atoms. The molecule has 0 aliphatic rings. The standard InChI is InChI=1S/C16H22O8/c17-3-1-5-23-9-11-7-12(10-24-6-2-4-18)14(16(21)22)8-13(11)15(19)20/h7-8,17-18H,1-6,9-10H2,(H,19,20)(H,21,22). The lowest BCUT2D eigenvalue weighted by Gasteiger charge is -2.13. The third-order valence-corrected chi connectivity index (χ3v) is 3.20. The number of carboxylic acids is 2. The molecule has 0 amide bonds. The maximum absolute atomic E-state index is 11.3. The molecule has 0 bridgehead atoms. The molecule has 0 heterocycles. The Morgan fingerprint density at radius 1 is 0.792 bits per heavy atom. The van der Waals surface area contributed by atoms with E-state index < -0.39 is 11.9 Å². The van der Waals surface area contributed by atoms with Crippen LogP contribution in [0, 0.1) is 0 Å². The first-order valence-corrected chi connectivity index (χ1v) is 7.50. The van der Waals surface area contributed by atoms with Crippen molar-refractivity contribution in [3.63, 3.8) is 0 Å². The molecule has 1 rings (SSSR count). The number of hydrogen-bond acceptors (Lipinski definition) is 6. The van der Waals surface area contributed by atoms with Crippen molar-refractivity contribution in [2.45, 2.75) is 26.1 Å². The summed E-state index contributed by atoms with van der Waals surface area (Å²) in [7, 11) is 0. The van der Waals surface area contributed by atoms with Crippen LogP contribution in [-0.4, -0.2) is 58.8 Å². The fraction of sp³-hybridized carbons (Fsp3) is 0.500. The molecule has 8 heteroatoms. The van der Waals surface area contributed by atoms with Crippen LogP contribution in [0.4, 0.5) is 0 Å². The molecular formula is C16H22O8. The second-order valence-corrected chi connectivity index (χ2v) is 5.04. The fourth-order valence-electron chi connectivity index (χ4n) is 2.03. The Bertz CT molecular complexity index is 510. The van der Waals surface area contributed by atoms with E-state index in [-0.39, 0.29) is 50.8 Å². The number of aromatic carboxylic acids is 2. The first kappa shape index (κ1) is 20.0. The zero-order valence-electron chi connectivity index (χ0n) is 13.2. The summed E-state index contributed by atoms with van der Waals surface area (Å²) < 4.78 is 10.6. The zero-order valence-corrected chi connectivity index (χ0v) is 13.2. The summed E-state index contributed by atoms with van der Waals surface area (Å²) in [6.45, 7) is 0.439. The van der Waals surface area contributed by atoms with Crippen molar-refractivity contribution in [1.29, 1.82) is 0 Å². The van der Waals surface area contributed by atoms with Crippen LogP contribution < -0.4 is 0 Å². The van der Waals surface area contributed by atoms with Crippen LogP contribution in [0.3, 0.4) is 0 Å². The van der Waals surface area contributed by atoms with Crippen LogP contribution in [0.15, 0.2) is 12.1 Å². The highest BCUT2D eigenvalue weighted by Crippen LogP contribution is 2.20. The molecule has 0 saturated heterocycles. The van der Waals surface area contributed by atoms with Gasteiger partial charge in [-0.05, 0) is 36.1 Å². The number of rotatable bonds is 12. The van der Waals surface area contributed by atoms with Gasteiger partial charge in [0.05, 0.1) is 24.3 Å². The minimum absolute atomic E-state index is 0.00876. The molecule has 0 atom stereocenters. The summed E-state index contributed by atoms with van der Waals surface area (Å²) in [4.78, 5) is 22.7. The smallest absolute Gasteiger partial charge is 0.336 e. The largest absolute Gasteiger partial charge is 0.478 e. The Labute approximate surface area is 139 Å². The Morgan fingerprint density at radius 3 is 1.54 bits per heavy atom. The summed E-state index contributed by atoms with van der Waals surface area (Å²) >= 11 is 0. The van der Waals surface area contributed by atoms with E-state index in [9.17, 15) is 19.8 Å². The van der Waals surface area contributed by atoms with Gasteiger partial charge in [0.1, 0.15) is 0 Å². The van der Waals surface area contributed by atoms with Gasteiger partial charge in [0.2, 0.25) is 0 Å². The first-order valence-electron chi connectivity index (χ1n) is 7.50. The molecule has 134 valence electrons. The SMILES string of the molecule is O=C(O)c1cc(C(=O)O)c(COCCCO)cc1COCCCO. The number of aliphatic hydroxyl groups excluding tert-OH is 2. The topological polar surface area (TPSA) is 134 Å². The van der Waals surface area contributed by atoms with E-state index in [1.54, 1.807) is 0 Å². The first-order chi connectivity index (χ1) is 11.5. The third kappa shape index (κ3) is 6.25. The van der Waals surface area contributed by atoms with Crippen molar-refractivity contribution in [3.05, 3.63) is 34.4 Å². The minimum atomic E-state index is -1.24. The van der Waals surface area contributed by atoms with Gasteiger partial charge >= 0.3 is 11.9 Å². The summed E-state index contributed by atoms with van der Waals surface area (Å²) in [6.07, 6.45) is 0.847. The molecule has 4 N–H and O–H groups in total. The molecule has 0 fully saturated rings. The lowest BCUT2D eigenvalue weighted by molar-refractivity contribution is 0.0678. The summed E-state index contributed by atoms with van der Waals surface area (Å²) in [5.74, 6) is -2.49. The van der Waals surface area contributed by atoms with Gasteiger partial charge in [0.15, 0.2) is 0 Å². The van der Waals surface area contributed by atoms with E-state index in [0.29, 0.717) is 24.0 Å². The average molecular weight is 342 g/mol. The van der Waals surface area contributed by atoms with Crippen LogP contribution >= 0.6 is 0 Å². The van der Waals surface area contributed by atoms with Gasteiger partial charge in [-0.3, -0.25) is 0 Å². The minimum Gasteiger partial charge on any atom is -0.478 e. The van der Waals surface area contributed by atoms with E-state index in [1.165, 1.54) is 6.07 Å². The number of benzene rings is 1. The molecule has 0 aliphatic carbocycles. The second kappa shape index (κ2) is 10.7. The van der Waals surface area contributed by atoms with Crippen LogP contribution in [0.25, 0.3) is 0 Å². The molecular weight excluding hydrogens is 320 g/mol. The number of carboxylic acid groups (broad SMARTS) is 2. The summed E-state index contributed by atoms with van der Waals surface area (Å²) in [6, 6.07) is 2.55. The Balaban J connectivity index is 3.01. The Morgan fingerprint density at radius 2 is 1.21 bits per heavy atom. The number of hydrogen-bond donors (Lipinski definition) is 4. The van der Waals surface area contributed by atoms with Crippen molar-refractivity contribution in [2.75, 3.05) is 26.4 Å². The number of aliphatic hydroxyl groups is 2. The molecule has 0 unspecified atom stereocenters. The van der Waals surface area contributed by atoms with Crippen molar-refractivity contribution in [3.8, 4) is 0 Å². The lowest BCUT2D eigenvalue weighted by Crippen LogP contribution is -2.12. The van der Waals surface area contributed by atoms with Crippen molar-refractivity contribution >= 4 is 11.9 Å². The van der Waals surface area contributed by atoms with Gasteiger partial charge in [-0.15, -0.1) is 0 Å². The van der Waals surface area contributed by atoms with E-state index in [0.717, 1.165) is 6.07 Å². The van der Waals surface area contributed by atoms with Gasteiger partial charge in [-0.25, -0.2) is 9.59 Å². The van der Waals surface area contributed by atoms with Gasteiger partial charge in [-0.2, -0.15) is 0 Å². The predicted molar refractivity (Wildman–Crippen MR) is 83.1 cm³/mol. The summed E-state index contributed by atoms with van der Waals surface area (Å²) in [5, 5.41) is 36.0. The van der Waals surface area contributed by atoms with E-state index >= 15 is 0 Å². The van der Waals surface area contributed by atoms with Gasteiger partial charge < -0.3 is 29.9 Å². The number of carbonyl (C=O) groups is 2. The Hall–Kier alpha value is -2.00. The molecule has 0 saturated carbocycles. The highest BCUT2D eigenvalue weighted by molar-refractivity contribution is 5.96. The van der Waals surface area contributed by atoms with E-state index in [2.05, 4.69) is 0 Å². The molecule has 0 aromatic heterocycles. The monoisotopic (exact) mass is 342 g/mol. The number of ether oxygens (including phenoxy) is 2. The maximum Gasteiger partial charge on any atom is 0.336 e.